The van der Waals surface area contributed by atoms with Crippen LogP contribution in [0.5, 0.6) is 11.5 Å². The minimum atomic E-state index is 0.420. The normalized spacial score (nSPS) is 15.3. The molecule has 1 saturated carbocycles. The largest absolute Gasteiger partial charge is 0.496 e. The van der Waals surface area contributed by atoms with Crippen molar-refractivity contribution >= 4 is 0 Å². The van der Waals surface area contributed by atoms with Crippen LogP contribution in [-0.2, 0) is 6.54 Å². The van der Waals surface area contributed by atoms with E-state index < -0.39 is 0 Å². The molecule has 2 rings (SSSR count). The van der Waals surface area contributed by atoms with Crippen molar-refractivity contribution in [2.24, 2.45) is 5.73 Å². The summed E-state index contributed by atoms with van der Waals surface area (Å²) in [5, 5.41) is 0. The lowest BCUT2D eigenvalue weighted by Crippen LogP contribution is -2.01. The first-order chi connectivity index (χ1) is 6.83. The minimum absolute atomic E-state index is 0.420. The molecule has 0 heterocycles. The Morgan fingerprint density at radius 1 is 1.43 bits per heavy atom. The van der Waals surface area contributed by atoms with Crippen LogP contribution in [0, 0.1) is 0 Å². The Balaban J connectivity index is 2.16. The third kappa shape index (κ3) is 1.99. The summed E-state index contributed by atoms with van der Waals surface area (Å²) >= 11 is 0. The number of hydrogen-bond acceptors (Lipinski definition) is 3. The molecule has 0 atom stereocenters. The highest BCUT2D eigenvalue weighted by atomic mass is 16.5. The van der Waals surface area contributed by atoms with Crippen molar-refractivity contribution in [2.45, 2.75) is 25.5 Å². The number of benzene rings is 1. The van der Waals surface area contributed by atoms with Gasteiger partial charge in [-0.1, -0.05) is 6.07 Å². The van der Waals surface area contributed by atoms with Crippen molar-refractivity contribution < 1.29 is 9.47 Å². The molecule has 0 unspecified atom stereocenters. The van der Waals surface area contributed by atoms with Gasteiger partial charge in [-0.05, 0) is 18.9 Å². The van der Waals surface area contributed by atoms with Gasteiger partial charge in [-0.3, -0.25) is 0 Å². The van der Waals surface area contributed by atoms with E-state index in [1.165, 1.54) is 12.8 Å². The van der Waals surface area contributed by atoms with E-state index in [1.807, 2.05) is 18.2 Å². The maximum atomic E-state index is 5.65. The van der Waals surface area contributed by atoms with Crippen LogP contribution in [0.25, 0.3) is 0 Å². The van der Waals surface area contributed by atoms with Gasteiger partial charge in [0.15, 0.2) is 0 Å². The number of hydrogen-bond donors (Lipinski definition) is 1. The fourth-order valence-corrected chi connectivity index (χ4v) is 1.35. The summed E-state index contributed by atoms with van der Waals surface area (Å²) in [6, 6.07) is 5.81. The minimum Gasteiger partial charge on any atom is -0.496 e. The third-order valence-corrected chi connectivity index (χ3v) is 2.31. The van der Waals surface area contributed by atoms with Gasteiger partial charge in [0.1, 0.15) is 11.5 Å². The zero-order valence-electron chi connectivity index (χ0n) is 8.32. The molecule has 1 fully saturated rings. The molecular weight excluding hydrogens is 178 g/mol. The van der Waals surface area contributed by atoms with Gasteiger partial charge in [-0.2, -0.15) is 0 Å². The smallest absolute Gasteiger partial charge is 0.127 e. The second kappa shape index (κ2) is 3.88. The van der Waals surface area contributed by atoms with Gasteiger partial charge in [0.05, 0.1) is 13.2 Å². The van der Waals surface area contributed by atoms with Gasteiger partial charge in [-0.25, -0.2) is 0 Å². The first kappa shape index (κ1) is 9.34. The van der Waals surface area contributed by atoms with E-state index >= 15 is 0 Å². The second-order valence-electron chi connectivity index (χ2n) is 3.49. The lowest BCUT2D eigenvalue weighted by Gasteiger charge is -2.09. The second-order valence-corrected chi connectivity index (χ2v) is 3.49. The van der Waals surface area contributed by atoms with Gasteiger partial charge in [0, 0.05) is 18.2 Å². The van der Waals surface area contributed by atoms with Crippen molar-refractivity contribution in [3.05, 3.63) is 23.8 Å². The molecule has 0 aliphatic heterocycles. The highest BCUT2D eigenvalue weighted by Gasteiger charge is 2.23. The van der Waals surface area contributed by atoms with Crippen molar-refractivity contribution in [3.8, 4) is 11.5 Å². The highest BCUT2D eigenvalue weighted by molar-refractivity contribution is 5.40. The third-order valence-electron chi connectivity index (χ3n) is 2.31. The molecule has 0 aromatic heterocycles. The average Bonchev–Trinajstić information content (AvgIpc) is 3.01. The van der Waals surface area contributed by atoms with E-state index in [9.17, 15) is 0 Å². The van der Waals surface area contributed by atoms with Crippen molar-refractivity contribution in [2.75, 3.05) is 7.11 Å². The molecule has 14 heavy (non-hydrogen) atoms. The summed E-state index contributed by atoms with van der Waals surface area (Å²) < 4.78 is 10.9. The molecule has 2 N–H and O–H groups in total. The Labute approximate surface area is 83.8 Å². The van der Waals surface area contributed by atoms with Crippen LogP contribution in [0.1, 0.15) is 18.4 Å². The van der Waals surface area contributed by atoms with E-state index in [-0.39, 0.29) is 0 Å². The molecule has 3 heteroatoms. The topological polar surface area (TPSA) is 44.5 Å². The van der Waals surface area contributed by atoms with Crippen LogP contribution in [0.15, 0.2) is 18.2 Å². The Kier molecular flexibility index (Phi) is 2.59. The molecule has 0 bridgehead atoms. The van der Waals surface area contributed by atoms with Crippen LogP contribution >= 0.6 is 0 Å². The molecule has 0 spiro atoms. The summed E-state index contributed by atoms with van der Waals surface area (Å²) in [6.07, 6.45) is 2.76. The van der Waals surface area contributed by atoms with Gasteiger partial charge in [0.25, 0.3) is 0 Å². The molecule has 1 aliphatic rings. The van der Waals surface area contributed by atoms with Gasteiger partial charge in [0.2, 0.25) is 0 Å². The Morgan fingerprint density at radius 2 is 2.21 bits per heavy atom. The van der Waals surface area contributed by atoms with Gasteiger partial charge < -0.3 is 15.2 Å². The van der Waals surface area contributed by atoms with Crippen molar-refractivity contribution in [3.63, 3.8) is 0 Å². The van der Waals surface area contributed by atoms with Crippen LogP contribution in [-0.4, -0.2) is 13.2 Å². The van der Waals surface area contributed by atoms with Crippen molar-refractivity contribution in [1.29, 1.82) is 0 Å². The van der Waals surface area contributed by atoms with E-state index in [2.05, 4.69) is 0 Å². The van der Waals surface area contributed by atoms with E-state index in [4.69, 9.17) is 15.2 Å². The van der Waals surface area contributed by atoms with Crippen LogP contribution in [0.4, 0.5) is 0 Å². The van der Waals surface area contributed by atoms with Crippen molar-refractivity contribution in [1.82, 2.24) is 0 Å². The van der Waals surface area contributed by atoms with Crippen LogP contribution < -0.4 is 15.2 Å². The van der Waals surface area contributed by atoms with Gasteiger partial charge in [-0.15, -0.1) is 0 Å². The predicted molar refractivity (Wildman–Crippen MR) is 54.5 cm³/mol. The summed E-state index contributed by atoms with van der Waals surface area (Å²) in [4.78, 5) is 0. The van der Waals surface area contributed by atoms with Crippen LogP contribution in [0.2, 0.25) is 0 Å². The zero-order valence-corrected chi connectivity index (χ0v) is 8.32. The average molecular weight is 193 g/mol. The maximum Gasteiger partial charge on any atom is 0.127 e. The SMILES string of the molecule is COc1cc(OC2CC2)ccc1CN. The fraction of sp³-hybridized carbons (Fsp3) is 0.455. The quantitative estimate of drug-likeness (QED) is 0.791. The molecule has 0 amide bonds. The Hall–Kier alpha value is -1.22. The van der Waals surface area contributed by atoms with Gasteiger partial charge >= 0.3 is 0 Å². The lowest BCUT2D eigenvalue weighted by molar-refractivity contribution is 0.300. The first-order valence-corrected chi connectivity index (χ1v) is 4.87. The Morgan fingerprint density at radius 3 is 2.79 bits per heavy atom. The number of methoxy groups -OCH3 is 1. The molecular formula is C11H15NO2. The highest BCUT2D eigenvalue weighted by Crippen LogP contribution is 2.30. The molecule has 0 saturated heterocycles. The molecule has 1 aromatic rings. The molecule has 1 aliphatic carbocycles. The van der Waals surface area contributed by atoms with E-state index in [0.29, 0.717) is 12.6 Å². The number of rotatable bonds is 4. The number of ether oxygens (including phenoxy) is 2. The van der Waals surface area contributed by atoms with Crippen LogP contribution in [0.3, 0.4) is 0 Å². The molecule has 76 valence electrons. The molecule has 0 radical (unpaired) electrons. The predicted octanol–water partition coefficient (Wildman–Crippen LogP) is 1.70. The zero-order chi connectivity index (χ0) is 9.97. The first-order valence-electron chi connectivity index (χ1n) is 4.87. The van der Waals surface area contributed by atoms with E-state index in [1.54, 1.807) is 7.11 Å². The summed E-state index contributed by atoms with van der Waals surface area (Å²) in [7, 11) is 1.65. The number of nitrogens with two attached hydrogens (primary N) is 1. The lowest BCUT2D eigenvalue weighted by atomic mass is 10.2. The van der Waals surface area contributed by atoms with E-state index in [0.717, 1.165) is 17.1 Å². The standard InChI is InChI=1S/C11H15NO2/c1-13-11-6-10(14-9-4-5-9)3-2-8(11)7-12/h2-3,6,9H,4-5,7,12H2,1H3. The maximum absolute atomic E-state index is 5.65. The molecule has 3 nitrogen and oxygen atoms in total. The summed E-state index contributed by atoms with van der Waals surface area (Å²) in [5.41, 5.74) is 6.58. The Bertz CT molecular complexity index is 321. The summed E-state index contributed by atoms with van der Waals surface area (Å²) in [5.74, 6) is 1.69. The summed E-state index contributed by atoms with van der Waals surface area (Å²) in [6.45, 7) is 0.493. The monoisotopic (exact) mass is 193 g/mol. The molecule has 1 aromatic carbocycles. The fourth-order valence-electron chi connectivity index (χ4n) is 1.35.